The SMILES string of the molecule is CC(O)(C(=O)Nc1cc(Cl)c2c(N)noc2c1)C1OCCN(c2nn(-c3cnnc(C(F)(F)F)c3)cc2F)C1=O. The van der Waals surface area contributed by atoms with Crippen LogP contribution in [0.1, 0.15) is 12.6 Å². The highest BCUT2D eigenvalue weighted by Crippen LogP contribution is 2.33. The molecule has 2 atom stereocenters. The van der Waals surface area contributed by atoms with Gasteiger partial charge in [-0.05, 0) is 19.1 Å². The molecule has 0 aliphatic carbocycles. The predicted molar refractivity (Wildman–Crippen MR) is 129 cm³/mol. The molecule has 0 radical (unpaired) electrons. The Labute approximate surface area is 225 Å². The Balaban J connectivity index is 1.38. The topological polar surface area (TPSA) is 175 Å². The van der Waals surface area contributed by atoms with Gasteiger partial charge in [0, 0.05) is 11.8 Å². The number of carbonyl (C=O) groups is 2. The molecule has 1 fully saturated rings. The van der Waals surface area contributed by atoms with Crippen LogP contribution in [0.4, 0.5) is 34.9 Å². The third kappa shape index (κ3) is 4.78. The third-order valence-corrected chi connectivity index (χ3v) is 6.27. The zero-order chi connectivity index (χ0) is 29.0. The number of alkyl halides is 3. The van der Waals surface area contributed by atoms with Crippen molar-refractivity contribution < 1.29 is 41.5 Å². The highest BCUT2D eigenvalue weighted by Gasteiger charge is 2.49. The summed E-state index contributed by atoms with van der Waals surface area (Å²) in [6, 6.07) is 3.26. The lowest BCUT2D eigenvalue weighted by molar-refractivity contribution is -0.165. The van der Waals surface area contributed by atoms with E-state index in [0.29, 0.717) is 11.5 Å². The van der Waals surface area contributed by atoms with Crippen LogP contribution in [0.25, 0.3) is 16.7 Å². The van der Waals surface area contributed by atoms with Gasteiger partial charge in [0.1, 0.15) is 0 Å². The fourth-order valence-corrected chi connectivity index (χ4v) is 4.28. The zero-order valence-corrected chi connectivity index (χ0v) is 20.9. The van der Waals surface area contributed by atoms with Crippen LogP contribution < -0.4 is 16.0 Å². The molecule has 2 amide bonds. The Morgan fingerprint density at radius 2 is 2.05 bits per heavy atom. The average Bonchev–Trinajstić information content (AvgIpc) is 3.46. The summed E-state index contributed by atoms with van der Waals surface area (Å²) in [4.78, 5) is 27.1. The van der Waals surface area contributed by atoms with Gasteiger partial charge in [0.15, 0.2) is 40.4 Å². The van der Waals surface area contributed by atoms with E-state index in [0.717, 1.165) is 28.9 Å². The number of carbonyl (C=O) groups excluding carboxylic acids is 2. The van der Waals surface area contributed by atoms with Crippen LogP contribution in [0.15, 0.2) is 35.1 Å². The molecule has 1 aliphatic rings. The second kappa shape index (κ2) is 9.68. The van der Waals surface area contributed by atoms with E-state index in [1.807, 2.05) is 0 Å². The number of amides is 2. The maximum absolute atomic E-state index is 14.9. The molecule has 0 saturated carbocycles. The average molecular weight is 585 g/mol. The van der Waals surface area contributed by atoms with Gasteiger partial charge in [-0.15, -0.1) is 10.2 Å². The van der Waals surface area contributed by atoms with Gasteiger partial charge < -0.3 is 25.4 Å². The molecule has 4 heterocycles. The Morgan fingerprint density at radius 3 is 2.77 bits per heavy atom. The van der Waals surface area contributed by atoms with E-state index in [2.05, 4.69) is 25.8 Å². The summed E-state index contributed by atoms with van der Waals surface area (Å²) in [5.41, 5.74) is 1.80. The Morgan fingerprint density at radius 1 is 1.30 bits per heavy atom. The van der Waals surface area contributed by atoms with Crippen molar-refractivity contribution in [2.75, 3.05) is 29.1 Å². The first-order valence-corrected chi connectivity index (χ1v) is 11.6. The molecule has 4 aromatic rings. The number of benzene rings is 1. The molecule has 4 N–H and O–H groups in total. The molecule has 3 aromatic heterocycles. The zero-order valence-electron chi connectivity index (χ0n) is 20.1. The number of fused-ring (bicyclic) bond motifs is 1. The number of anilines is 3. The van der Waals surface area contributed by atoms with Crippen LogP contribution in [0, 0.1) is 5.82 Å². The molecular weight excluding hydrogens is 568 g/mol. The van der Waals surface area contributed by atoms with Crippen molar-refractivity contribution >= 4 is 51.7 Å². The standard InChI is InChI=1S/C22H17ClF4N8O5/c1-21(38,20(37)30-9-4-11(23)15-13(5-9)40-33-17(15)28)16-19(36)34(2-3-39-16)18-12(24)8-35(32-18)10-6-14(22(25,26)27)31-29-7-10/h4-8,16,38H,2-3H2,1H3,(H2,28,33)(H,30,37). The number of nitrogens with zero attached hydrogens (tertiary/aromatic N) is 6. The molecule has 5 rings (SSSR count). The minimum Gasteiger partial charge on any atom is -0.380 e. The number of aliphatic hydroxyl groups is 1. The van der Waals surface area contributed by atoms with Gasteiger partial charge >= 0.3 is 6.18 Å². The number of ether oxygens (including phenoxy) is 1. The van der Waals surface area contributed by atoms with Crippen molar-refractivity contribution in [1.82, 2.24) is 25.1 Å². The van der Waals surface area contributed by atoms with Crippen LogP contribution in [0.3, 0.4) is 0 Å². The summed E-state index contributed by atoms with van der Waals surface area (Å²) < 4.78 is 65.1. The van der Waals surface area contributed by atoms with E-state index >= 15 is 0 Å². The van der Waals surface area contributed by atoms with Gasteiger partial charge in [0.25, 0.3) is 11.8 Å². The van der Waals surface area contributed by atoms with Gasteiger partial charge in [-0.25, -0.2) is 9.07 Å². The first-order chi connectivity index (χ1) is 18.8. The Kier molecular flexibility index (Phi) is 6.59. The normalized spacial score (nSPS) is 17.7. The maximum atomic E-state index is 14.9. The molecule has 210 valence electrons. The van der Waals surface area contributed by atoms with Gasteiger partial charge in [0.2, 0.25) is 0 Å². The van der Waals surface area contributed by atoms with Crippen LogP contribution in [0.2, 0.25) is 5.02 Å². The smallest absolute Gasteiger partial charge is 0.380 e. The molecule has 1 aliphatic heterocycles. The van der Waals surface area contributed by atoms with Crippen molar-refractivity contribution in [3.05, 3.63) is 47.1 Å². The summed E-state index contributed by atoms with van der Waals surface area (Å²) in [6.45, 7) is 0.538. The number of morpholine rings is 1. The fraction of sp³-hybridized carbons (Fsp3) is 0.273. The molecule has 2 unspecified atom stereocenters. The molecular formula is C22H17ClF4N8O5. The second-order valence-corrected chi connectivity index (χ2v) is 9.19. The summed E-state index contributed by atoms with van der Waals surface area (Å²) in [7, 11) is 0. The van der Waals surface area contributed by atoms with Crippen LogP contribution in [-0.2, 0) is 20.5 Å². The van der Waals surface area contributed by atoms with Crippen LogP contribution >= 0.6 is 11.6 Å². The first-order valence-electron chi connectivity index (χ1n) is 11.2. The minimum atomic E-state index is -4.81. The van der Waals surface area contributed by atoms with Gasteiger partial charge in [0.05, 0.1) is 41.6 Å². The summed E-state index contributed by atoms with van der Waals surface area (Å²) in [6.07, 6.45) is -4.96. The first kappa shape index (κ1) is 27.2. The minimum absolute atomic E-state index is 0.0295. The lowest BCUT2D eigenvalue weighted by Gasteiger charge is -2.37. The van der Waals surface area contributed by atoms with E-state index in [-0.39, 0.29) is 40.9 Å². The Hall–Kier alpha value is -4.35. The lowest BCUT2D eigenvalue weighted by atomic mass is 9.95. The van der Waals surface area contributed by atoms with Crippen molar-refractivity contribution in [3.8, 4) is 5.69 Å². The van der Waals surface area contributed by atoms with Gasteiger partial charge in [-0.3, -0.25) is 14.5 Å². The molecule has 1 aromatic carbocycles. The summed E-state index contributed by atoms with van der Waals surface area (Å²) in [5.74, 6) is -3.72. The second-order valence-electron chi connectivity index (χ2n) is 8.78. The van der Waals surface area contributed by atoms with Crippen LogP contribution in [0.5, 0.6) is 0 Å². The van der Waals surface area contributed by atoms with Crippen molar-refractivity contribution in [3.63, 3.8) is 0 Å². The van der Waals surface area contributed by atoms with Crippen LogP contribution in [-0.4, -0.2) is 66.9 Å². The molecule has 0 bridgehead atoms. The third-order valence-electron chi connectivity index (χ3n) is 5.97. The van der Waals surface area contributed by atoms with E-state index < -0.39 is 47.0 Å². The van der Waals surface area contributed by atoms with Crippen molar-refractivity contribution in [2.45, 2.75) is 24.8 Å². The number of nitrogens with one attached hydrogen (secondary N) is 1. The maximum Gasteiger partial charge on any atom is 0.435 e. The number of hydrogen-bond donors (Lipinski definition) is 3. The number of nitrogen functional groups attached to an aromatic ring is 1. The number of nitrogens with two attached hydrogens (primary N) is 1. The molecule has 0 spiro atoms. The van der Waals surface area contributed by atoms with E-state index in [9.17, 15) is 32.3 Å². The molecule has 1 saturated heterocycles. The van der Waals surface area contributed by atoms with Gasteiger partial charge in [-0.2, -0.15) is 18.3 Å². The number of rotatable bonds is 5. The summed E-state index contributed by atoms with van der Waals surface area (Å²) >= 11 is 6.17. The highest BCUT2D eigenvalue weighted by atomic mass is 35.5. The molecule has 13 nitrogen and oxygen atoms in total. The van der Waals surface area contributed by atoms with E-state index in [1.54, 1.807) is 0 Å². The monoisotopic (exact) mass is 584 g/mol. The predicted octanol–water partition coefficient (Wildman–Crippen LogP) is 2.32. The summed E-state index contributed by atoms with van der Waals surface area (Å²) in [5, 5.41) is 27.6. The molecule has 40 heavy (non-hydrogen) atoms. The van der Waals surface area contributed by atoms with Crippen molar-refractivity contribution in [2.24, 2.45) is 0 Å². The largest absolute Gasteiger partial charge is 0.435 e. The quantitative estimate of drug-likeness (QED) is 0.295. The van der Waals surface area contributed by atoms with E-state index in [4.69, 9.17) is 26.6 Å². The highest BCUT2D eigenvalue weighted by molar-refractivity contribution is 6.36. The molecule has 18 heteroatoms. The van der Waals surface area contributed by atoms with Crippen molar-refractivity contribution in [1.29, 1.82) is 0 Å². The number of aromatic nitrogens is 5. The number of halogens is 5. The fourth-order valence-electron chi connectivity index (χ4n) is 3.97. The van der Waals surface area contributed by atoms with E-state index in [1.165, 1.54) is 12.1 Å². The Bertz CT molecular complexity index is 1640. The lowest BCUT2D eigenvalue weighted by Crippen LogP contribution is -2.61. The number of hydrogen-bond acceptors (Lipinski definition) is 10. The van der Waals surface area contributed by atoms with Gasteiger partial charge in [-0.1, -0.05) is 16.8 Å².